The molecule has 0 radical (unpaired) electrons. The molecule has 5 aliphatic rings. The number of fused-ring (bicyclic) bond motifs is 5. The van der Waals surface area contributed by atoms with Crippen LogP contribution >= 0.6 is 0 Å². The predicted octanol–water partition coefficient (Wildman–Crippen LogP) is 4.83. The fraction of sp³-hybridized carbons (Fsp3) is 1.00. The molecule has 0 spiro atoms. The Balaban J connectivity index is 1.52. The summed E-state index contributed by atoms with van der Waals surface area (Å²) in [6.45, 7) is 17.3. The van der Waals surface area contributed by atoms with Gasteiger partial charge in [0.2, 0.25) is 0 Å². The van der Waals surface area contributed by atoms with Gasteiger partial charge in [-0.2, -0.15) is 0 Å². The summed E-state index contributed by atoms with van der Waals surface area (Å²) < 4.78 is 6.52. The van der Waals surface area contributed by atoms with Crippen LogP contribution in [0.3, 0.4) is 0 Å². The number of aliphatic hydroxyl groups excluding tert-OH is 2. The summed E-state index contributed by atoms with van der Waals surface area (Å²) in [7, 11) is 0. The van der Waals surface area contributed by atoms with Gasteiger partial charge in [0.1, 0.15) is 0 Å². The Morgan fingerprint density at radius 2 is 1.43 bits per heavy atom. The average Bonchev–Trinajstić information content (AvgIpc) is 3.29. The molecule has 5 nitrogen and oxygen atoms in total. The highest BCUT2D eigenvalue weighted by Crippen LogP contribution is 2.76. The second-order valence-corrected chi connectivity index (χ2v) is 15.6. The Morgan fingerprint density at radius 1 is 0.771 bits per heavy atom. The van der Waals surface area contributed by atoms with E-state index >= 15 is 0 Å². The van der Waals surface area contributed by atoms with Gasteiger partial charge in [-0.05, 0) is 112 Å². The molecule has 0 unspecified atom stereocenters. The molecule has 0 bridgehead atoms. The molecule has 5 rings (SSSR count). The Labute approximate surface area is 213 Å². The van der Waals surface area contributed by atoms with E-state index in [2.05, 4.69) is 34.6 Å². The molecule has 5 heteroatoms. The second kappa shape index (κ2) is 7.46. The lowest BCUT2D eigenvalue weighted by Crippen LogP contribution is -2.69. The largest absolute Gasteiger partial charge is 0.393 e. The van der Waals surface area contributed by atoms with Crippen molar-refractivity contribution in [2.45, 2.75) is 148 Å². The molecule has 0 aromatic heterocycles. The van der Waals surface area contributed by atoms with E-state index in [1.54, 1.807) is 13.8 Å². The molecule has 1 heterocycles. The van der Waals surface area contributed by atoms with Gasteiger partial charge >= 0.3 is 0 Å². The zero-order valence-electron chi connectivity index (χ0n) is 23.5. The van der Waals surface area contributed by atoms with Crippen molar-refractivity contribution in [3.8, 4) is 0 Å². The van der Waals surface area contributed by atoms with E-state index in [-0.39, 0.29) is 39.8 Å². The van der Waals surface area contributed by atoms with Crippen molar-refractivity contribution >= 4 is 0 Å². The lowest BCUT2D eigenvalue weighted by atomic mass is 9.35. The van der Waals surface area contributed by atoms with Gasteiger partial charge in [-0.15, -0.1) is 0 Å². The quantitative estimate of drug-likeness (QED) is 0.443. The highest BCUT2D eigenvalue weighted by molar-refractivity contribution is 5.25. The van der Waals surface area contributed by atoms with Crippen molar-refractivity contribution < 1.29 is 25.2 Å². The molecular weight excluding hydrogens is 440 g/mol. The van der Waals surface area contributed by atoms with Gasteiger partial charge < -0.3 is 25.2 Å². The van der Waals surface area contributed by atoms with E-state index < -0.39 is 22.9 Å². The van der Waals surface area contributed by atoms with E-state index in [1.807, 2.05) is 6.92 Å². The van der Waals surface area contributed by atoms with Crippen molar-refractivity contribution in [1.29, 1.82) is 0 Å². The van der Waals surface area contributed by atoms with Gasteiger partial charge in [-0.1, -0.05) is 34.6 Å². The van der Waals surface area contributed by atoms with Crippen molar-refractivity contribution in [3.05, 3.63) is 0 Å². The fourth-order valence-corrected chi connectivity index (χ4v) is 11.1. The molecule has 4 N–H and O–H groups in total. The average molecular weight is 493 g/mol. The minimum atomic E-state index is -1.12. The number of hydrogen-bond donors (Lipinski definition) is 4. The van der Waals surface area contributed by atoms with E-state index in [0.29, 0.717) is 31.1 Å². The van der Waals surface area contributed by atoms with Gasteiger partial charge in [-0.3, -0.25) is 0 Å². The molecule has 0 aromatic carbocycles. The second-order valence-electron chi connectivity index (χ2n) is 15.6. The molecule has 5 fully saturated rings. The molecule has 1 saturated heterocycles. The van der Waals surface area contributed by atoms with E-state index in [1.165, 1.54) is 0 Å². The van der Waals surface area contributed by atoms with Gasteiger partial charge in [-0.25, -0.2) is 0 Å². The van der Waals surface area contributed by atoms with Crippen LogP contribution in [0.25, 0.3) is 0 Å². The zero-order valence-corrected chi connectivity index (χ0v) is 23.5. The molecule has 202 valence electrons. The van der Waals surface area contributed by atoms with Crippen molar-refractivity contribution in [2.24, 2.45) is 39.4 Å². The van der Waals surface area contributed by atoms with Crippen LogP contribution in [0.15, 0.2) is 0 Å². The van der Waals surface area contributed by atoms with Crippen molar-refractivity contribution in [3.63, 3.8) is 0 Å². The fourth-order valence-electron chi connectivity index (χ4n) is 11.1. The first-order chi connectivity index (χ1) is 15.9. The van der Waals surface area contributed by atoms with Crippen LogP contribution in [0.4, 0.5) is 0 Å². The van der Waals surface area contributed by atoms with Crippen molar-refractivity contribution in [2.75, 3.05) is 0 Å². The molecule has 35 heavy (non-hydrogen) atoms. The third kappa shape index (κ3) is 3.17. The maximum atomic E-state index is 12.5. The Bertz CT molecular complexity index is 865. The Morgan fingerprint density at radius 3 is 2.03 bits per heavy atom. The van der Waals surface area contributed by atoms with Gasteiger partial charge in [0.05, 0.1) is 35.1 Å². The SMILES string of the molecule is CC(C)(O)[C@@H]1CC[C@](C)([C@@]2(O)CC[C@]3(C)[C@@H]2[C@H](O)C[C@H]2[C@@]4(C)CC[C@@H](O)C(C)(C)[C@H]4CC[C@]23C)O1. The summed E-state index contributed by atoms with van der Waals surface area (Å²) in [5.74, 6) is 0.553. The van der Waals surface area contributed by atoms with Crippen LogP contribution < -0.4 is 0 Å². The number of aliphatic hydroxyl groups is 4. The van der Waals surface area contributed by atoms with E-state index in [9.17, 15) is 20.4 Å². The van der Waals surface area contributed by atoms with Crippen LogP contribution in [-0.2, 0) is 4.74 Å². The minimum Gasteiger partial charge on any atom is -0.393 e. The van der Waals surface area contributed by atoms with Crippen LogP contribution in [0.2, 0.25) is 0 Å². The number of hydrogen-bond acceptors (Lipinski definition) is 5. The van der Waals surface area contributed by atoms with E-state index in [0.717, 1.165) is 38.5 Å². The molecule has 4 aliphatic carbocycles. The normalized spacial score (nSPS) is 57.9. The predicted molar refractivity (Wildman–Crippen MR) is 137 cm³/mol. The van der Waals surface area contributed by atoms with Gasteiger partial charge in [0.15, 0.2) is 0 Å². The monoisotopic (exact) mass is 492 g/mol. The molecular formula is C30H52O5. The molecule has 0 aromatic rings. The zero-order chi connectivity index (χ0) is 26.0. The highest BCUT2D eigenvalue weighted by atomic mass is 16.5. The summed E-state index contributed by atoms with van der Waals surface area (Å²) in [6, 6.07) is 0. The van der Waals surface area contributed by atoms with Crippen LogP contribution in [0.5, 0.6) is 0 Å². The van der Waals surface area contributed by atoms with Crippen LogP contribution in [0, 0.1) is 39.4 Å². The van der Waals surface area contributed by atoms with Crippen LogP contribution in [-0.4, -0.2) is 55.5 Å². The van der Waals surface area contributed by atoms with Crippen molar-refractivity contribution in [1.82, 2.24) is 0 Å². The number of rotatable bonds is 2. The molecule has 4 saturated carbocycles. The Hall–Kier alpha value is -0.200. The maximum Gasteiger partial charge on any atom is 0.0991 e. The smallest absolute Gasteiger partial charge is 0.0991 e. The lowest BCUT2D eigenvalue weighted by Gasteiger charge is -2.71. The molecule has 0 amide bonds. The van der Waals surface area contributed by atoms with Gasteiger partial charge in [0.25, 0.3) is 0 Å². The van der Waals surface area contributed by atoms with E-state index in [4.69, 9.17) is 4.74 Å². The maximum absolute atomic E-state index is 12.5. The van der Waals surface area contributed by atoms with Crippen LogP contribution in [0.1, 0.15) is 113 Å². The Kier molecular flexibility index (Phi) is 5.63. The summed E-state index contributed by atoms with van der Waals surface area (Å²) in [6.07, 6.45) is 6.50. The first kappa shape index (κ1) is 26.4. The number of ether oxygens (including phenoxy) is 1. The topological polar surface area (TPSA) is 90.2 Å². The van der Waals surface area contributed by atoms with Gasteiger partial charge in [0, 0.05) is 5.92 Å². The summed E-state index contributed by atoms with van der Waals surface area (Å²) in [5, 5.41) is 45.9. The highest BCUT2D eigenvalue weighted by Gasteiger charge is 2.75. The summed E-state index contributed by atoms with van der Waals surface area (Å²) in [5.41, 5.74) is -3.08. The third-order valence-corrected chi connectivity index (χ3v) is 13.4. The standard InChI is InChI=1S/C30H52O5/c1-24(2)19-9-13-27(6)20(26(19,5)12-10-21(24)32)17-18(31)23-28(27,7)15-16-30(23,34)29(8)14-11-22(35-29)25(3,4)33/h18-23,31-34H,9-17H2,1-8H3/t18-,19-,20+,21-,22+,23+,26+,27-,28-,29-,30-/m1/s1. The first-order valence-corrected chi connectivity index (χ1v) is 14.4. The third-order valence-electron chi connectivity index (χ3n) is 13.4. The molecule has 11 atom stereocenters. The summed E-state index contributed by atoms with van der Waals surface area (Å²) in [4.78, 5) is 0. The lowest BCUT2D eigenvalue weighted by molar-refractivity contribution is -0.277. The summed E-state index contributed by atoms with van der Waals surface area (Å²) >= 11 is 0. The first-order valence-electron chi connectivity index (χ1n) is 14.4. The minimum absolute atomic E-state index is 0.00954. The molecule has 1 aliphatic heterocycles.